The van der Waals surface area contributed by atoms with Crippen molar-refractivity contribution in [3.05, 3.63) is 11.7 Å². The summed E-state index contributed by atoms with van der Waals surface area (Å²) in [5.74, 6) is 1.24. The number of hydrogen-bond donors (Lipinski definition) is 0. The molecule has 0 aliphatic carbocycles. The molecule has 4 heteroatoms. The second-order valence-corrected chi connectivity index (χ2v) is 2.52. The Morgan fingerprint density at radius 3 is 2.67 bits per heavy atom. The third-order valence-corrected chi connectivity index (χ3v) is 1.57. The molecule has 0 aromatic carbocycles. The minimum Gasteiger partial charge on any atom is -0.370 e. The third-order valence-electron chi connectivity index (χ3n) is 1.57. The molecule has 0 fully saturated rings. The van der Waals surface area contributed by atoms with Gasteiger partial charge in [-0.15, -0.1) is 0 Å². The zero-order chi connectivity index (χ0) is 8.97. The second kappa shape index (κ2) is 4.21. The van der Waals surface area contributed by atoms with Crippen molar-refractivity contribution in [3.8, 4) is 0 Å². The minimum absolute atomic E-state index is 0.0209. The fourth-order valence-electron chi connectivity index (χ4n) is 1.02. The Kier molecular flexibility index (Phi) is 3.22. The van der Waals surface area contributed by atoms with E-state index in [9.17, 15) is 0 Å². The molecule has 0 aliphatic rings. The van der Waals surface area contributed by atoms with E-state index in [4.69, 9.17) is 9.26 Å². The molecule has 0 N–H and O–H groups in total. The van der Waals surface area contributed by atoms with Gasteiger partial charge >= 0.3 is 0 Å². The molecule has 68 valence electrons. The predicted octanol–water partition coefficient (Wildman–Crippen LogP) is 1.87. The Morgan fingerprint density at radius 1 is 1.50 bits per heavy atom. The lowest BCUT2D eigenvalue weighted by Crippen LogP contribution is -2.04. The number of rotatable bonds is 4. The number of ether oxygens (including phenoxy) is 1. The van der Waals surface area contributed by atoms with Gasteiger partial charge in [0.15, 0.2) is 0 Å². The number of aromatic nitrogens is 2. The Morgan fingerprint density at radius 2 is 2.25 bits per heavy atom. The van der Waals surface area contributed by atoms with Crippen molar-refractivity contribution in [2.45, 2.75) is 33.3 Å². The van der Waals surface area contributed by atoms with Gasteiger partial charge in [0.2, 0.25) is 11.7 Å². The first kappa shape index (κ1) is 9.19. The summed E-state index contributed by atoms with van der Waals surface area (Å²) in [6.07, 6.45) is 0.847. The molecule has 1 aromatic rings. The van der Waals surface area contributed by atoms with Crippen molar-refractivity contribution in [3.63, 3.8) is 0 Å². The molecule has 0 spiro atoms. The maximum Gasteiger partial charge on any atom is 0.223 e. The van der Waals surface area contributed by atoms with Crippen LogP contribution in [-0.2, 0) is 4.74 Å². The molecular formula is C8H14N2O2. The summed E-state index contributed by atoms with van der Waals surface area (Å²) in [5, 5.41) is 3.79. The molecule has 0 amide bonds. The third kappa shape index (κ3) is 2.04. The van der Waals surface area contributed by atoms with Crippen molar-refractivity contribution in [2.75, 3.05) is 6.61 Å². The summed E-state index contributed by atoms with van der Waals surface area (Å²) < 4.78 is 10.3. The van der Waals surface area contributed by atoms with Crippen molar-refractivity contribution in [1.29, 1.82) is 0 Å². The van der Waals surface area contributed by atoms with Gasteiger partial charge in [0.25, 0.3) is 0 Å². The van der Waals surface area contributed by atoms with Gasteiger partial charge in [-0.2, -0.15) is 4.98 Å². The Hall–Kier alpha value is -0.900. The highest BCUT2D eigenvalue weighted by Crippen LogP contribution is 2.16. The van der Waals surface area contributed by atoms with Gasteiger partial charge in [-0.25, -0.2) is 0 Å². The van der Waals surface area contributed by atoms with Crippen LogP contribution >= 0.6 is 0 Å². The molecule has 1 atom stereocenters. The molecule has 0 saturated heterocycles. The summed E-state index contributed by atoms with van der Waals surface area (Å²) in [4.78, 5) is 4.10. The molecule has 0 saturated carbocycles. The van der Waals surface area contributed by atoms with Crippen LogP contribution in [0.3, 0.4) is 0 Å². The lowest BCUT2D eigenvalue weighted by molar-refractivity contribution is 0.0518. The molecule has 1 unspecified atom stereocenters. The maximum atomic E-state index is 5.41. The van der Waals surface area contributed by atoms with E-state index in [1.165, 1.54) is 0 Å². The molecule has 0 radical (unpaired) electrons. The van der Waals surface area contributed by atoms with Gasteiger partial charge < -0.3 is 9.26 Å². The van der Waals surface area contributed by atoms with E-state index in [0.717, 1.165) is 6.42 Å². The lowest BCUT2D eigenvalue weighted by Gasteiger charge is -2.08. The average Bonchev–Trinajstić information content (AvgIpc) is 2.47. The lowest BCUT2D eigenvalue weighted by atomic mass is 10.2. The molecule has 1 heterocycles. The van der Waals surface area contributed by atoms with Crippen molar-refractivity contribution in [2.24, 2.45) is 0 Å². The molecule has 12 heavy (non-hydrogen) atoms. The van der Waals surface area contributed by atoms with E-state index < -0.39 is 0 Å². The minimum atomic E-state index is -0.0209. The molecular weight excluding hydrogens is 156 g/mol. The first-order valence-electron chi connectivity index (χ1n) is 4.19. The van der Waals surface area contributed by atoms with Gasteiger partial charge in [0, 0.05) is 13.5 Å². The predicted molar refractivity (Wildman–Crippen MR) is 43.7 cm³/mol. The molecule has 0 bridgehead atoms. The van der Waals surface area contributed by atoms with Crippen LogP contribution in [0, 0.1) is 6.92 Å². The van der Waals surface area contributed by atoms with E-state index in [0.29, 0.717) is 18.3 Å². The summed E-state index contributed by atoms with van der Waals surface area (Å²) >= 11 is 0. The largest absolute Gasteiger partial charge is 0.370 e. The maximum absolute atomic E-state index is 5.41. The monoisotopic (exact) mass is 170 g/mol. The van der Waals surface area contributed by atoms with Crippen molar-refractivity contribution >= 4 is 0 Å². The van der Waals surface area contributed by atoms with Crippen LogP contribution in [0.25, 0.3) is 0 Å². The first-order chi connectivity index (χ1) is 5.77. The van der Waals surface area contributed by atoms with Gasteiger partial charge in [-0.05, 0) is 13.3 Å². The highest BCUT2D eigenvalue weighted by atomic mass is 16.5. The van der Waals surface area contributed by atoms with Crippen LogP contribution in [0.2, 0.25) is 0 Å². The van der Waals surface area contributed by atoms with Gasteiger partial charge in [-0.1, -0.05) is 12.1 Å². The first-order valence-corrected chi connectivity index (χ1v) is 4.19. The summed E-state index contributed by atoms with van der Waals surface area (Å²) in [6, 6.07) is 0. The van der Waals surface area contributed by atoms with Crippen LogP contribution in [0.4, 0.5) is 0 Å². The molecule has 0 aliphatic heterocycles. The van der Waals surface area contributed by atoms with E-state index in [1.807, 2.05) is 13.8 Å². The van der Waals surface area contributed by atoms with E-state index in [1.54, 1.807) is 6.92 Å². The van der Waals surface area contributed by atoms with Gasteiger partial charge in [-0.3, -0.25) is 0 Å². The van der Waals surface area contributed by atoms with Crippen LogP contribution < -0.4 is 0 Å². The zero-order valence-corrected chi connectivity index (χ0v) is 7.70. The summed E-state index contributed by atoms with van der Waals surface area (Å²) in [6.45, 7) is 6.43. The molecule has 4 nitrogen and oxygen atoms in total. The van der Waals surface area contributed by atoms with Crippen LogP contribution in [0.15, 0.2) is 4.52 Å². The summed E-state index contributed by atoms with van der Waals surface area (Å²) in [5.41, 5.74) is 0. The Bertz CT molecular complexity index is 235. The average molecular weight is 170 g/mol. The highest BCUT2D eigenvalue weighted by Gasteiger charge is 2.14. The zero-order valence-electron chi connectivity index (χ0n) is 7.70. The van der Waals surface area contributed by atoms with E-state index in [-0.39, 0.29) is 6.10 Å². The van der Waals surface area contributed by atoms with Crippen molar-refractivity contribution < 1.29 is 9.26 Å². The van der Waals surface area contributed by atoms with E-state index in [2.05, 4.69) is 10.1 Å². The van der Waals surface area contributed by atoms with E-state index >= 15 is 0 Å². The van der Waals surface area contributed by atoms with Crippen molar-refractivity contribution in [1.82, 2.24) is 10.1 Å². The van der Waals surface area contributed by atoms with Crippen LogP contribution in [-0.4, -0.2) is 16.7 Å². The number of hydrogen-bond acceptors (Lipinski definition) is 4. The standard InChI is InChI=1S/C8H14N2O2/c1-4-7(11-5-2)8-9-6(3)12-10-8/h7H,4-5H2,1-3H3. The molecule has 1 aromatic heterocycles. The van der Waals surface area contributed by atoms with Gasteiger partial charge in [0.05, 0.1) is 0 Å². The quantitative estimate of drug-likeness (QED) is 0.692. The second-order valence-electron chi connectivity index (χ2n) is 2.52. The topological polar surface area (TPSA) is 48.2 Å². The number of aryl methyl sites for hydroxylation is 1. The highest BCUT2D eigenvalue weighted by molar-refractivity contribution is 4.89. The summed E-state index contributed by atoms with van der Waals surface area (Å²) in [7, 11) is 0. The Labute approximate surface area is 71.9 Å². The smallest absolute Gasteiger partial charge is 0.223 e. The van der Waals surface area contributed by atoms with Gasteiger partial charge in [0.1, 0.15) is 6.10 Å². The van der Waals surface area contributed by atoms with Crippen LogP contribution in [0.5, 0.6) is 0 Å². The number of nitrogens with zero attached hydrogens (tertiary/aromatic N) is 2. The van der Waals surface area contributed by atoms with Crippen LogP contribution in [0.1, 0.15) is 38.1 Å². The fraction of sp³-hybridized carbons (Fsp3) is 0.750. The SMILES string of the molecule is CCOC(CC)c1noc(C)n1. The Balaban J connectivity index is 2.66. The fourth-order valence-corrected chi connectivity index (χ4v) is 1.02. The molecule has 1 rings (SSSR count). The normalized spacial score (nSPS) is 13.2.